The number of hydrogen-bond donors (Lipinski definition) is 6. The van der Waals surface area contributed by atoms with Crippen molar-refractivity contribution in [3.05, 3.63) is 12.2 Å². The molecule has 0 saturated carbocycles. The van der Waals surface area contributed by atoms with Crippen LogP contribution in [0.5, 0.6) is 0 Å². The monoisotopic (exact) mass is 260 g/mol. The first-order valence-corrected chi connectivity index (χ1v) is 5.15. The predicted molar refractivity (Wildman–Crippen MR) is 54.3 cm³/mol. The highest BCUT2D eigenvalue weighted by atomic mass is 16.6. The summed E-state index contributed by atoms with van der Waals surface area (Å²) in [7, 11) is 0. The first-order chi connectivity index (χ1) is 8.58. The lowest BCUT2D eigenvalue weighted by atomic mass is 10.1. The van der Waals surface area contributed by atoms with Gasteiger partial charge in [-0.2, -0.15) is 5.10 Å². The summed E-state index contributed by atoms with van der Waals surface area (Å²) in [6.45, 7) is -0.420. The summed E-state index contributed by atoms with van der Waals surface area (Å²) < 4.78 is 6.49. The minimum absolute atomic E-state index is 0.0789. The fourth-order valence-corrected chi connectivity index (χ4v) is 1.71. The van der Waals surface area contributed by atoms with Crippen LogP contribution in [-0.4, -0.2) is 61.4 Å². The Kier molecular flexibility index (Phi) is 3.43. The van der Waals surface area contributed by atoms with Gasteiger partial charge in [-0.25, -0.2) is 0 Å². The van der Waals surface area contributed by atoms with Gasteiger partial charge in [0.25, 0.3) is 6.23 Å². The molecular formula is C8H14N5O5+. The van der Waals surface area contributed by atoms with E-state index in [0.29, 0.717) is 0 Å². The second kappa shape index (κ2) is 4.86. The summed E-state index contributed by atoms with van der Waals surface area (Å²) in [5.74, 6) is -0.157. The van der Waals surface area contributed by atoms with E-state index in [4.69, 9.17) is 20.8 Å². The number of rotatable bonds is 3. The maximum atomic E-state index is 9.75. The van der Waals surface area contributed by atoms with E-state index in [1.54, 1.807) is 0 Å². The molecule has 0 amide bonds. The second-order valence-electron chi connectivity index (χ2n) is 3.83. The van der Waals surface area contributed by atoms with Crippen molar-refractivity contribution < 1.29 is 29.9 Å². The Morgan fingerprint density at radius 2 is 2.28 bits per heavy atom. The lowest BCUT2D eigenvalue weighted by molar-refractivity contribution is -0.812. The number of aliphatic hydroxyl groups is 3. The molecule has 1 aromatic rings. The molecular weight excluding hydrogens is 246 g/mol. The van der Waals surface area contributed by atoms with Crippen LogP contribution in [0.2, 0.25) is 0 Å². The molecule has 1 aliphatic rings. The average Bonchev–Trinajstić information content (AvgIpc) is 2.96. The van der Waals surface area contributed by atoms with Gasteiger partial charge < -0.3 is 31.0 Å². The Hall–Kier alpha value is -1.75. The largest absolute Gasteiger partial charge is 0.409 e. The smallest absolute Gasteiger partial charge is 0.321 e. The van der Waals surface area contributed by atoms with Crippen molar-refractivity contribution in [2.24, 2.45) is 10.9 Å². The number of H-pyrrole nitrogens is 1. The molecule has 4 atom stereocenters. The third-order valence-corrected chi connectivity index (χ3v) is 2.69. The van der Waals surface area contributed by atoms with Crippen LogP contribution < -0.4 is 10.4 Å². The summed E-state index contributed by atoms with van der Waals surface area (Å²) in [4.78, 5) is 3.80. The lowest BCUT2D eigenvalue weighted by Crippen LogP contribution is -2.47. The van der Waals surface area contributed by atoms with Crippen LogP contribution in [0.1, 0.15) is 12.1 Å². The van der Waals surface area contributed by atoms with Crippen LogP contribution in [0.25, 0.3) is 0 Å². The summed E-state index contributed by atoms with van der Waals surface area (Å²) in [5.41, 5.74) is 5.32. The molecule has 18 heavy (non-hydrogen) atoms. The lowest BCUT2D eigenvalue weighted by Gasteiger charge is -2.09. The first kappa shape index (κ1) is 12.7. The molecule has 1 saturated heterocycles. The summed E-state index contributed by atoms with van der Waals surface area (Å²) >= 11 is 0. The normalized spacial score (nSPS) is 32.9. The minimum atomic E-state index is -1.23. The fourth-order valence-electron chi connectivity index (χ4n) is 1.71. The molecule has 0 aromatic carbocycles. The Morgan fingerprint density at radius 1 is 1.56 bits per heavy atom. The van der Waals surface area contributed by atoms with Gasteiger partial charge in [-0.15, -0.1) is 4.68 Å². The van der Waals surface area contributed by atoms with Gasteiger partial charge in [0.05, 0.1) is 6.61 Å². The number of ether oxygens (including phenoxy) is 1. The quantitative estimate of drug-likeness (QED) is 0.107. The van der Waals surface area contributed by atoms with E-state index in [9.17, 15) is 10.2 Å². The highest BCUT2D eigenvalue weighted by molar-refractivity contribution is 5.93. The SMILES string of the molecule is NC(=NO)c1nc[n+](C2OC(CO)C(O)C2O)[nH]1. The highest BCUT2D eigenvalue weighted by Crippen LogP contribution is 2.24. The summed E-state index contributed by atoms with van der Waals surface area (Å²) in [6.07, 6.45) is -3.00. The maximum absolute atomic E-state index is 9.75. The number of nitrogens with one attached hydrogen (secondary N) is 1. The van der Waals surface area contributed by atoms with Gasteiger partial charge in [-0.05, 0) is 4.98 Å². The van der Waals surface area contributed by atoms with Crippen LogP contribution in [-0.2, 0) is 4.74 Å². The minimum Gasteiger partial charge on any atom is -0.409 e. The molecule has 7 N–H and O–H groups in total. The zero-order chi connectivity index (χ0) is 13.3. The third-order valence-electron chi connectivity index (χ3n) is 2.69. The summed E-state index contributed by atoms with van der Waals surface area (Å²) in [6, 6.07) is 0. The molecule has 10 nitrogen and oxygen atoms in total. The van der Waals surface area contributed by atoms with Gasteiger partial charge in [0, 0.05) is 0 Å². The van der Waals surface area contributed by atoms with Crippen LogP contribution in [0.15, 0.2) is 11.5 Å². The van der Waals surface area contributed by atoms with Crippen molar-refractivity contribution in [1.82, 2.24) is 10.1 Å². The van der Waals surface area contributed by atoms with Crippen molar-refractivity contribution in [3.63, 3.8) is 0 Å². The van der Waals surface area contributed by atoms with Crippen molar-refractivity contribution in [1.29, 1.82) is 0 Å². The molecule has 0 bridgehead atoms. The van der Waals surface area contributed by atoms with Crippen LogP contribution in [0.4, 0.5) is 0 Å². The number of nitrogens with two attached hydrogens (primary N) is 1. The second-order valence-corrected chi connectivity index (χ2v) is 3.83. The maximum Gasteiger partial charge on any atom is 0.321 e. The van der Waals surface area contributed by atoms with E-state index < -0.39 is 31.1 Å². The summed E-state index contributed by atoms with van der Waals surface area (Å²) in [5, 5.41) is 42.1. The van der Waals surface area contributed by atoms with E-state index in [-0.39, 0.29) is 11.7 Å². The number of hydrogen-bond acceptors (Lipinski definition) is 7. The van der Waals surface area contributed by atoms with Crippen molar-refractivity contribution >= 4 is 5.84 Å². The molecule has 4 unspecified atom stereocenters. The molecule has 2 heterocycles. The number of aromatic amines is 1. The first-order valence-electron chi connectivity index (χ1n) is 5.15. The van der Waals surface area contributed by atoms with Crippen LogP contribution in [0.3, 0.4) is 0 Å². The van der Waals surface area contributed by atoms with E-state index in [1.807, 2.05) is 0 Å². The number of nitrogens with zero attached hydrogens (tertiary/aromatic N) is 3. The molecule has 10 heteroatoms. The Labute approximate surface area is 101 Å². The topological polar surface area (TPSA) is 161 Å². The van der Waals surface area contributed by atoms with Crippen molar-refractivity contribution in [2.45, 2.75) is 24.5 Å². The molecule has 0 radical (unpaired) electrons. The van der Waals surface area contributed by atoms with Crippen LogP contribution >= 0.6 is 0 Å². The number of aliphatic hydroxyl groups excluding tert-OH is 3. The zero-order valence-electron chi connectivity index (χ0n) is 9.21. The van der Waals surface area contributed by atoms with Crippen molar-refractivity contribution in [3.8, 4) is 0 Å². The standard InChI is InChI=1S/C8H13N5O5/c9-6(12-17)7-10-2-13(11-7)8-5(16)4(15)3(1-14)18-8/h2-5,8,14-16H,1H2,(H3,9,11,12,17)/p+1. The molecule has 2 rings (SSSR count). The average molecular weight is 260 g/mol. The van der Waals surface area contributed by atoms with E-state index >= 15 is 0 Å². The highest BCUT2D eigenvalue weighted by Gasteiger charge is 2.46. The van der Waals surface area contributed by atoms with Gasteiger partial charge in [0.15, 0.2) is 6.10 Å². The molecule has 0 spiro atoms. The van der Waals surface area contributed by atoms with Crippen molar-refractivity contribution in [2.75, 3.05) is 6.61 Å². The van der Waals surface area contributed by atoms with Gasteiger partial charge in [0.1, 0.15) is 12.2 Å². The van der Waals surface area contributed by atoms with Gasteiger partial charge in [0.2, 0.25) is 5.84 Å². The fraction of sp³-hybridized carbons (Fsp3) is 0.625. The number of amidine groups is 1. The molecule has 100 valence electrons. The molecule has 0 aliphatic carbocycles. The van der Waals surface area contributed by atoms with E-state index in [0.717, 1.165) is 0 Å². The third kappa shape index (κ3) is 2.01. The predicted octanol–water partition coefficient (Wildman–Crippen LogP) is -3.60. The molecule has 1 fully saturated rings. The number of oxime groups is 1. The van der Waals surface area contributed by atoms with Crippen LogP contribution in [0, 0.1) is 0 Å². The van der Waals surface area contributed by atoms with E-state index in [1.165, 1.54) is 11.0 Å². The Balaban J connectivity index is 2.20. The Morgan fingerprint density at radius 3 is 2.83 bits per heavy atom. The van der Waals surface area contributed by atoms with Gasteiger partial charge in [-0.1, -0.05) is 5.16 Å². The Bertz CT molecular complexity index is 449. The van der Waals surface area contributed by atoms with Gasteiger partial charge >= 0.3 is 12.2 Å². The number of aromatic nitrogens is 3. The molecule has 1 aliphatic heterocycles. The zero-order valence-corrected chi connectivity index (χ0v) is 9.21. The van der Waals surface area contributed by atoms with E-state index in [2.05, 4.69) is 15.2 Å². The molecule has 1 aromatic heterocycles. The van der Waals surface area contributed by atoms with Gasteiger partial charge in [-0.3, -0.25) is 0 Å².